The number of aliphatic hydroxyl groups is 1. The highest BCUT2D eigenvalue weighted by Gasteiger charge is 2.57. The maximum absolute atomic E-state index is 11.1. The van der Waals surface area contributed by atoms with Crippen molar-refractivity contribution in [2.24, 2.45) is 28.6 Å². The van der Waals surface area contributed by atoms with Gasteiger partial charge < -0.3 is 14.6 Å². The van der Waals surface area contributed by atoms with Gasteiger partial charge in [-0.15, -0.1) is 0 Å². The highest BCUT2D eigenvalue weighted by atomic mass is 16.7. The standard InChI is InChI=1S/C31H42O3/c1-5-20-7-6-8-21(15-20)25-17-30(4)26(11-12-27(30)32)24-10-9-22-16-31(14-13-23(22)28(24)25)33-18-29(2,3)19-34-31/h5-8,15,22,24-27,32H,1,9-14,16-19H2,2-4H3. The zero-order valence-electron chi connectivity index (χ0n) is 21.3. The first kappa shape index (κ1) is 23.0. The van der Waals surface area contributed by atoms with E-state index in [-0.39, 0.29) is 22.7 Å². The van der Waals surface area contributed by atoms with Crippen molar-refractivity contribution in [2.45, 2.75) is 89.9 Å². The van der Waals surface area contributed by atoms with Crippen LogP contribution in [0.4, 0.5) is 0 Å². The van der Waals surface area contributed by atoms with E-state index >= 15 is 0 Å². The molecule has 0 amide bonds. The summed E-state index contributed by atoms with van der Waals surface area (Å²) in [6, 6.07) is 9.00. The fourth-order valence-electron chi connectivity index (χ4n) is 8.40. The van der Waals surface area contributed by atoms with Gasteiger partial charge in [0.15, 0.2) is 5.79 Å². The predicted octanol–water partition coefficient (Wildman–Crippen LogP) is 6.87. The summed E-state index contributed by atoms with van der Waals surface area (Å²) in [6.07, 6.45) is 10.6. The lowest BCUT2D eigenvalue weighted by Crippen LogP contribution is -2.52. The summed E-state index contributed by atoms with van der Waals surface area (Å²) in [7, 11) is 0. The molecule has 3 saturated carbocycles. The molecule has 1 saturated heterocycles. The fourth-order valence-corrected chi connectivity index (χ4v) is 8.40. The Morgan fingerprint density at radius 3 is 2.59 bits per heavy atom. The topological polar surface area (TPSA) is 38.7 Å². The van der Waals surface area contributed by atoms with Crippen LogP contribution in [0.2, 0.25) is 0 Å². The van der Waals surface area contributed by atoms with E-state index in [1.165, 1.54) is 30.4 Å². The number of hydrogen-bond donors (Lipinski definition) is 1. The van der Waals surface area contributed by atoms with E-state index in [0.717, 1.165) is 45.3 Å². The molecule has 1 heterocycles. The monoisotopic (exact) mass is 462 g/mol. The van der Waals surface area contributed by atoms with Crippen molar-refractivity contribution in [3.8, 4) is 0 Å². The van der Waals surface area contributed by atoms with Crippen LogP contribution in [0.1, 0.15) is 89.2 Å². The molecule has 3 nitrogen and oxygen atoms in total. The van der Waals surface area contributed by atoms with Gasteiger partial charge in [0.25, 0.3) is 0 Å². The summed E-state index contributed by atoms with van der Waals surface area (Å²) >= 11 is 0. The van der Waals surface area contributed by atoms with Gasteiger partial charge in [-0.1, -0.05) is 68.8 Å². The molecular weight excluding hydrogens is 420 g/mol. The first-order valence-electron chi connectivity index (χ1n) is 13.6. The molecule has 6 rings (SSSR count). The van der Waals surface area contributed by atoms with Crippen molar-refractivity contribution in [2.75, 3.05) is 13.2 Å². The van der Waals surface area contributed by atoms with E-state index in [1.54, 1.807) is 11.1 Å². The number of hydrogen-bond acceptors (Lipinski definition) is 3. The fraction of sp³-hybridized carbons (Fsp3) is 0.677. The lowest BCUT2D eigenvalue weighted by atomic mass is 9.52. The highest BCUT2D eigenvalue weighted by molar-refractivity contribution is 5.50. The Bertz CT molecular complexity index is 996. The average Bonchev–Trinajstić information content (AvgIpc) is 3.14. The smallest absolute Gasteiger partial charge is 0.169 e. The van der Waals surface area contributed by atoms with E-state index in [9.17, 15) is 5.11 Å². The average molecular weight is 463 g/mol. The quantitative estimate of drug-likeness (QED) is 0.487. The third-order valence-corrected chi connectivity index (χ3v) is 10.3. The molecule has 1 N–H and O–H groups in total. The van der Waals surface area contributed by atoms with Crippen LogP contribution >= 0.6 is 0 Å². The Hall–Kier alpha value is -1.42. The van der Waals surface area contributed by atoms with Crippen LogP contribution in [-0.2, 0) is 9.47 Å². The second-order valence-electron chi connectivity index (χ2n) is 13.1. The van der Waals surface area contributed by atoms with Crippen molar-refractivity contribution in [1.82, 2.24) is 0 Å². The molecule has 1 spiro atoms. The van der Waals surface area contributed by atoms with Gasteiger partial charge in [-0.05, 0) is 72.8 Å². The van der Waals surface area contributed by atoms with Gasteiger partial charge in [-0.3, -0.25) is 0 Å². The lowest BCUT2D eigenvalue weighted by molar-refractivity contribution is -0.312. The summed E-state index contributed by atoms with van der Waals surface area (Å²) in [6.45, 7) is 12.5. The zero-order valence-corrected chi connectivity index (χ0v) is 21.3. The Morgan fingerprint density at radius 2 is 1.82 bits per heavy atom. The van der Waals surface area contributed by atoms with Gasteiger partial charge in [0.05, 0.1) is 19.3 Å². The minimum Gasteiger partial charge on any atom is -0.393 e. The number of aliphatic hydroxyl groups excluding tert-OH is 1. The molecule has 4 fully saturated rings. The Morgan fingerprint density at radius 1 is 1.03 bits per heavy atom. The van der Waals surface area contributed by atoms with Crippen LogP contribution in [0.3, 0.4) is 0 Å². The molecule has 1 aliphatic heterocycles. The second kappa shape index (κ2) is 8.05. The molecule has 0 aromatic heterocycles. The highest BCUT2D eigenvalue weighted by Crippen LogP contribution is 2.65. The van der Waals surface area contributed by atoms with Crippen molar-refractivity contribution in [3.63, 3.8) is 0 Å². The third kappa shape index (κ3) is 3.57. The van der Waals surface area contributed by atoms with Crippen LogP contribution in [0.15, 0.2) is 42.0 Å². The molecule has 1 aromatic rings. The lowest BCUT2D eigenvalue weighted by Gasteiger charge is -2.55. The van der Waals surface area contributed by atoms with Gasteiger partial charge in [0.1, 0.15) is 0 Å². The van der Waals surface area contributed by atoms with E-state index < -0.39 is 0 Å². The SMILES string of the molecule is C=Cc1cccc(C2CC3(C)C(O)CCC3C3CCC4CC5(CCC4=C23)OCC(C)(C)CO5)c1. The van der Waals surface area contributed by atoms with E-state index in [1.807, 2.05) is 6.08 Å². The summed E-state index contributed by atoms with van der Waals surface area (Å²) in [4.78, 5) is 0. The van der Waals surface area contributed by atoms with E-state index in [2.05, 4.69) is 51.6 Å². The molecule has 3 heteroatoms. The van der Waals surface area contributed by atoms with E-state index in [4.69, 9.17) is 9.47 Å². The van der Waals surface area contributed by atoms with Gasteiger partial charge in [-0.25, -0.2) is 0 Å². The molecular formula is C31H42O3. The Labute approximate surface area is 205 Å². The predicted molar refractivity (Wildman–Crippen MR) is 136 cm³/mol. The van der Waals surface area contributed by atoms with Crippen LogP contribution in [-0.4, -0.2) is 30.2 Å². The van der Waals surface area contributed by atoms with Crippen molar-refractivity contribution in [3.05, 3.63) is 53.1 Å². The van der Waals surface area contributed by atoms with Gasteiger partial charge in [0.2, 0.25) is 0 Å². The van der Waals surface area contributed by atoms with Crippen LogP contribution in [0, 0.1) is 28.6 Å². The largest absolute Gasteiger partial charge is 0.393 e. The summed E-state index contributed by atoms with van der Waals surface area (Å²) in [5.41, 5.74) is 6.20. The number of benzene rings is 1. The Kier molecular flexibility index (Phi) is 5.45. The first-order valence-corrected chi connectivity index (χ1v) is 13.6. The van der Waals surface area contributed by atoms with Gasteiger partial charge >= 0.3 is 0 Å². The summed E-state index contributed by atoms with van der Waals surface area (Å²) in [5, 5.41) is 11.1. The van der Waals surface area contributed by atoms with E-state index in [0.29, 0.717) is 23.7 Å². The van der Waals surface area contributed by atoms with Crippen LogP contribution in [0.25, 0.3) is 6.08 Å². The van der Waals surface area contributed by atoms with Crippen molar-refractivity contribution < 1.29 is 14.6 Å². The minimum absolute atomic E-state index is 0.0213. The number of fused-ring (bicyclic) bond motifs is 4. The Balaban J connectivity index is 1.39. The molecule has 6 unspecified atom stereocenters. The molecule has 34 heavy (non-hydrogen) atoms. The number of rotatable bonds is 2. The molecule has 184 valence electrons. The van der Waals surface area contributed by atoms with Crippen molar-refractivity contribution >= 4 is 6.08 Å². The number of allylic oxidation sites excluding steroid dienone is 2. The third-order valence-electron chi connectivity index (χ3n) is 10.3. The molecule has 0 bridgehead atoms. The van der Waals surface area contributed by atoms with Gasteiger partial charge in [0, 0.05) is 24.2 Å². The maximum atomic E-state index is 11.1. The molecule has 4 aliphatic carbocycles. The normalized spacial score (nSPS) is 40.4. The van der Waals surface area contributed by atoms with Crippen LogP contribution in [0.5, 0.6) is 0 Å². The maximum Gasteiger partial charge on any atom is 0.169 e. The van der Waals surface area contributed by atoms with Crippen molar-refractivity contribution in [1.29, 1.82) is 0 Å². The van der Waals surface area contributed by atoms with Gasteiger partial charge in [-0.2, -0.15) is 0 Å². The number of ether oxygens (including phenoxy) is 2. The molecule has 0 radical (unpaired) electrons. The van der Waals surface area contributed by atoms with Crippen LogP contribution < -0.4 is 0 Å². The summed E-state index contributed by atoms with van der Waals surface area (Å²) in [5.74, 6) is 1.83. The molecule has 6 atom stereocenters. The molecule has 5 aliphatic rings. The second-order valence-corrected chi connectivity index (χ2v) is 13.1. The minimum atomic E-state index is -0.373. The zero-order chi connectivity index (χ0) is 23.7. The summed E-state index contributed by atoms with van der Waals surface area (Å²) < 4.78 is 12.9. The first-order chi connectivity index (χ1) is 16.2. The molecule has 1 aromatic carbocycles.